The molecule has 0 amide bonds. The highest BCUT2D eigenvalue weighted by Gasteiger charge is 2.49. The van der Waals surface area contributed by atoms with Gasteiger partial charge in [-0.25, -0.2) is 0 Å². The van der Waals surface area contributed by atoms with Gasteiger partial charge in [0.2, 0.25) is 0 Å². The number of hydrogen-bond acceptors (Lipinski definition) is 7. The lowest BCUT2D eigenvalue weighted by Gasteiger charge is -2.46. The zero-order chi connectivity index (χ0) is 38.4. The molecule has 0 aromatic heterocycles. The molecule has 288 valence electrons. The van der Waals surface area contributed by atoms with E-state index in [1.54, 1.807) is 0 Å². The first-order valence-corrected chi connectivity index (χ1v) is 19.4. The third-order valence-electron chi connectivity index (χ3n) is 9.53. The minimum atomic E-state index is -0.610. The predicted octanol–water partition coefficient (Wildman–Crippen LogP) is 10.9. The molecule has 0 spiro atoms. The first-order chi connectivity index (χ1) is 27.6. The summed E-state index contributed by atoms with van der Waals surface area (Å²) in [5.74, 6) is 1.87. The molecule has 8 heteroatoms. The van der Waals surface area contributed by atoms with E-state index in [-0.39, 0.29) is 6.61 Å². The number of hydrogen-bond donors (Lipinski definition) is 0. The van der Waals surface area contributed by atoms with Gasteiger partial charge in [0.1, 0.15) is 47.8 Å². The summed E-state index contributed by atoms with van der Waals surface area (Å²) in [4.78, 5) is 0. The monoisotopic (exact) mass is 770 g/mol. The van der Waals surface area contributed by atoms with Crippen LogP contribution in [0.25, 0.3) is 0 Å². The number of ether oxygens (including phenoxy) is 7. The van der Waals surface area contributed by atoms with E-state index in [1.165, 1.54) is 0 Å². The van der Waals surface area contributed by atoms with Gasteiger partial charge in [0, 0.05) is 0 Å². The van der Waals surface area contributed by atoms with E-state index in [2.05, 4.69) is 24.3 Å². The minimum absolute atomic E-state index is 0.255. The van der Waals surface area contributed by atoms with E-state index in [9.17, 15) is 0 Å². The zero-order valence-corrected chi connectivity index (χ0v) is 32.2. The van der Waals surface area contributed by atoms with Crippen molar-refractivity contribution in [2.24, 2.45) is 0 Å². The minimum Gasteiger partial charge on any atom is -0.494 e. The molecule has 56 heavy (non-hydrogen) atoms. The summed E-state index contributed by atoms with van der Waals surface area (Å²) in [5.41, 5.74) is 4.98. The van der Waals surface area contributed by atoms with Gasteiger partial charge in [-0.15, -0.1) is 0 Å². The summed E-state index contributed by atoms with van der Waals surface area (Å²) >= 11 is 6.78. The average Bonchev–Trinajstić information content (AvgIpc) is 3.25. The molecule has 0 unspecified atom stereocenters. The standard InChI is InChI=1S/C48H47ClO7/c1-2-51-40-24-26-41(27-25-40)55-43-29-39(23-28-42(43)49)45-47(53-32-37-19-11-5-12-20-37)48(54-33-38-21-13-6-14-22-38)46(52-31-36-17-9-4-10-18-36)44(56-45)34-50-30-35-15-7-3-8-16-35/h3-29,44-48H,2,30-34H2,1H3/t44-,45-,46-,47-,48-/m1/s1. The summed E-state index contributed by atoms with van der Waals surface area (Å²) in [6.07, 6.45) is -2.88. The van der Waals surface area contributed by atoms with Crippen LogP contribution >= 0.6 is 11.6 Å². The van der Waals surface area contributed by atoms with Crippen molar-refractivity contribution < 1.29 is 33.2 Å². The molecule has 5 atom stereocenters. The quantitative estimate of drug-likeness (QED) is 0.0862. The second-order valence-corrected chi connectivity index (χ2v) is 14.0. The highest BCUT2D eigenvalue weighted by atomic mass is 35.5. The maximum absolute atomic E-state index is 7.11. The fourth-order valence-corrected chi connectivity index (χ4v) is 6.89. The van der Waals surface area contributed by atoms with Crippen LogP contribution in [0, 0.1) is 0 Å². The topological polar surface area (TPSA) is 64.6 Å². The van der Waals surface area contributed by atoms with Crippen LogP contribution in [0.15, 0.2) is 164 Å². The maximum atomic E-state index is 7.11. The summed E-state index contributed by atoms with van der Waals surface area (Å²) < 4.78 is 46.2. The van der Waals surface area contributed by atoms with Crippen LogP contribution in [0.4, 0.5) is 0 Å². The van der Waals surface area contributed by atoms with Crippen LogP contribution in [0.5, 0.6) is 17.2 Å². The number of benzene rings is 6. The van der Waals surface area contributed by atoms with Crippen molar-refractivity contribution in [2.45, 2.75) is 63.9 Å². The van der Waals surface area contributed by atoms with Gasteiger partial charge in [-0.2, -0.15) is 0 Å². The molecular weight excluding hydrogens is 724 g/mol. The third-order valence-corrected chi connectivity index (χ3v) is 9.84. The molecule has 7 rings (SSSR count). The molecule has 6 aromatic carbocycles. The smallest absolute Gasteiger partial charge is 0.146 e. The van der Waals surface area contributed by atoms with Crippen LogP contribution in [-0.4, -0.2) is 37.6 Å². The summed E-state index contributed by atoms with van der Waals surface area (Å²) in [6.45, 7) is 4.24. The Morgan fingerprint density at radius 1 is 0.518 bits per heavy atom. The SMILES string of the molecule is CCOc1ccc(Oc2cc([C@H]3O[C@H](COCc4ccccc4)[C@@H](OCc4ccccc4)[C@@H](OCc4ccccc4)[C@@H]3OCc3ccccc3)ccc2Cl)cc1. The average molecular weight is 771 g/mol. The molecule has 1 heterocycles. The summed E-state index contributed by atoms with van der Waals surface area (Å²) in [6, 6.07) is 53.6. The van der Waals surface area contributed by atoms with Crippen molar-refractivity contribution in [2.75, 3.05) is 13.2 Å². The lowest BCUT2D eigenvalue weighted by molar-refractivity contribution is -0.275. The zero-order valence-electron chi connectivity index (χ0n) is 31.5. The molecule has 0 radical (unpaired) electrons. The molecule has 0 N–H and O–H groups in total. The Labute approximate surface area is 334 Å². The van der Waals surface area contributed by atoms with Gasteiger partial charge in [-0.1, -0.05) is 139 Å². The van der Waals surface area contributed by atoms with E-state index < -0.39 is 30.5 Å². The molecule has 6 aromatic rings. The Kier molecular flexibility index (Phi) is 14.2. The Bertz CT molecular complexity index is 2030. The second-order valence-electron chi connectivity index (χ2n) is 13.6. The van der Waals surface area contributed by atoms with E-state index >= 15 is 0 Å². The Hall–Kier alpha value is -4.99. The van der Waals surface area contributed by atoms with E-state index in [1.807, 2.05) is 146 Å². The van der Waals surface area contributed by atoms with E-state index in [0.717, 1.165) is 33.6 Å². The fourth-order valence-electron chi connectivity index (χ4n) is 6.73. The summed E-state index contributed by atoms with van der Waals surface area (Å²) in [7, 11) is 0. The second kappa shape index (κ2) is 20.3. The van der Waals surface area contributed by atoms with Crippen molar-refractivity contribution in [1.29, 1.82) is 0 Å². The van der Waals surface area contributed by atoms with Gasteiger partial charge in [0.15, 0.2) is 0 Å². The lowest BCUT2D eigenvalue weighted by Crippen LogP contribution is -2.58. The Balaban J connectivity index is 1.25. The van der Waals surface area contributed by atoms with Gasteiger partial charge in [-0.05, 0) is 71.1 Å². The van der Waals surface area contributed by atoms with Crippen LogP contribution in [0.1, 0.15) is 40.8 Å². The van der Waals surface area contributed by atoms with Crippen LogP contribution < -0.4 is 9.47 Å². The van der Waals surface area contributed by atoms with Gasteiger partial charge in [0.25, 0.3) is 0 Å². The highest BCUT2D eigenvalue weighted by molar-refractivity contribution is 6.32. The van der Waals surface area contributed by atoms with Crippen molar-refractivity contribution in [3.8, 4) is 17.2 Å². The van der Waals surface area contributed by atoms with Gasteiger partial charge < -0.3 is 33.2 Å². The van der Waals surface area contributed by atoms with E-state index in [0.29, 0.717) is 49.6 Å². The maximum Gasteiger partial charge on any atom is 0.146 e. The van der Waals surface area contributed by atoms with Crippen molar-refractivity contribution in [1.82, 2.24) is 0 Å². The number of rotatable bonds is 18. The molecule has 1 aliphatic heterocycles. The summed E-state index contributed by atoms with van der Waals surface area (Å²) in [5, 5.41) is 0.462. The largest absolute Gasteiger partial charge is 0.494 e. The van der Waals surface area contributed by atoms with Crippen LogP contribution in [-0.2, 0) is 50.1 Å². The molecule has 0 aliphatic carbocycles. The molecule has 1 fully saturated rings. The van der Waals surface area contributed by atoms with Crippen LogP contribution in [0.2, 0.25) is 5.02 Å². The molecule has 1 aliphatic rings. The Morgan fingerprint density at radius 2 is 1.00 bits per heavy atom. The van der Waals surface area contributed by atoms with E-state index in [4.69, 9.17) is 44.8 Å². The first-order valence-electron chi connectivity index (χ1n) is 19.1. The highest BCUT2D eigenvalue weighted by Crippen LogP contribution is 2.41. The molecule has 1 saturated heterocycles. The lowest BCUT2D eigenvalue weighted by atomic mass is 9.90. The van der Waals surface area contributed by atoms with Crippen molar-refractivity contribution in [3.05, 3.63) is 197 Å². The number of halogens is 1. The van der Waals surface area contributed by atoms with Gasteiger partial charge in [-0.3, -0.25) is 0 Å². The normalized spacial score (nSPS) is 19.4. The van der Waals surface area contributed by atoms with Crippen molar-refractivity contribution >= 4 is 11.6 Å². The fraction of sp³-hybridized carbons (Fsp3) is 0.250. The molecule has 0 bridgehead atoms. The third kappa shape index (κ3) is 10.9. The predicted molar refractivity (Wildman–Crippen MR) is 218 cm³/mol. The van der Waals surface area contributed by atoms with Crippen molar-refractivity contribution in [3.63, 3.8) is 0 Å². The Morgan fingerprint density at radius 3 is 1.54 bits per heavy atom. The van der Waals surface area contributed by atoms with Crippen LogP contribution in [0.3, 0.4) is 0 Å². The molecular formula is C48H47ClO7. The first kappa shape index (κ1) is 39.3. The van der Waals surface area contributed by atoms with Gasteiger partial charge in [0.05, 0.1) is 44.7 Å². The molecule has 7 nitrogen and oxygen atoms in total. The molecule has 0 saturated carbocycles. The van der Waals surface area contributed by atoms with Gasteiger partial charge >= 0.3 is 0 Å².